The molecule has 2 heterocycles. The van der Waals surface area contributed by atoms with E-state index in [-0.39, 0.29) is 11.9 Å². The standard InChI is InChI=1S/C18H22N3O3/c1-23-17-8-6-13-5-7-14(12-15(13)20-17)24-11-10-21-9-3-2-4-16(21)18(19)22/h2,5-8,12,16H,3-4,9-11H2,1H3,(H2,19,22). The summed E-state index contributed by atoms with van der Waals surface area (Å²) in [5.74, 6) is 1.06. The van der Waals surface area contributed by atoms with Gasteiger partial charge in [-0.25, -0.2) is 4.98 Å². The molecule has 6 heteroatoms. The monoisotopic (exact) mass is 328 g/mol. The maximum Gasteiger partial charge on any atom is 0.234 e. The molecule has 1 amide bonds. The number of likely N-dealkylation sites (tertiary alicyclic amines) is 1. The minimum Gasteiger partial charge on any atom is -0.492 e. The van der Waals surface area contributed by atoms with Crippen LogP contribution in [0, 0.1) is 6.42 Å². The van der Waals surface area contributed by atoms with Gasteiger partial charge in [0.25, 0.3) is 0 Å². The first-order chi connectivity index (χ1) is 11.7. The summed E-state index contributed by atoms with van der Waals surface area (Å²) in [6, 6.07) is 9.37. The van der Waals surface area contributed by atoms with E-state index >= 15 is 0 Å². The lowest BCUT2D eigenvalue weighted by Crippen LogP contribution is -2.49. The maximum atomic E-state index is 11.5. The third kappa shape index (κ3) is 3.76. The van der Waals surface area contributed by atoms with E-state index in [2.05, 4.69) is 16.3 Å². The number of pyridine rings is 1. The predicted molar refractivity (Wildman–Crippen MR) is 91.9 cm³/mol. The molecular formula is C18H22N3O3. The molecule has 1 fully saturated rings. The molecule has 1 atom stereocenters. The van der Waals surface area contributed by atoms with E-state index in [1.807, 2.05) is 30.3 Å². The van der Waals surface area contributed by atoms with Crippen LogP contribution in [0.25, 0.3) is 10.9 Å². The molecule has 0 spiro atoms. The van der Waals surface area contributed by atoms with Gasteiger partial charge >= 0.3 is 0 Å². The molecule has 1 radical (unpaired) electrons. The topological polar surface area (TPSA) is 77.7 Å². The van der Waals surface area contributed by atoms with Crippen LogP contribution in [-0.2, 0) is 4.79 Å². The highest BCUT2D eigenvalue weighted by atomic mass is 16.5. The predicted octanol–water partition coefficient (Wildman–Crippen LogP) is 1.78. The number of primary amides is 1. The highest BCUT2D eigenvalue weighted by Crippen LogP contribution is 2.22. The van der Waals surface area contributed by atoms with Gasteiger partial charge in [-0.1, -0.05) is 0 Å². The van der Waals surface area contributed by atoms with Gasteiger partial charge in [-0.3, -0.25) is 9.69 Å². The molecule has 0 saturated carbocycles. The second-order valence-corrected chi connectivity index (χ2v) is 5.82. The fraction of sp³-hybridized carbons (Fsp3) is 0.389. The average molecular weight is 328 g/mol. The summed E-state index contributed by atoms with van der Waals surface area (Å²) in [6.07, 6.45) is 3.81. The first-order valence-electron chi connectivity index (χ1n) is 8.10. The Morgan fingerprint density at radius 2 is 2.21 bits per heavy atom. The molecule has 1 unspecified atom stereocenters. The van der Waals surface area contributed by atoms with Gasteiger partial charge in [-0.2, -0.15) is 0 Å². The second kappa shape index (κ2) is 7.49. The quantitative estimate of drug-likeness (QED) is 0.874. The minimum atomic E-state index is -0.270. The SMILES string of the molecule is COc1ccc2ccc(OCCN3CC[CH]CC3C(N)=O)cc2n1. The molecule has 127 valence electrons. The van der Waals surface area contributed by atoms with Crippen LogP contribution in [0.15, 0.2) is 30.3 Å². The average Bonchev–Trinajstić information content (AvgIpc) is 2.61. The van der Waals surface area contributed by atoms with Crippen molar-refractivity contribution in [3.8, 4) is 11.6 Å². The summed E-state index contributed by atoms with van der Waals surface area (Å²) in [5.41, 5.74) is 6.30. The maximum absolute atomic E-state index is 11.5. The smallest absolute Gasteiger partial charge is 0.234 e. The first-order valence-corrected chi connectivity index (χ1v) is 8.10. The van der Waals surface area contributed by atoms with E-state index in [0.717, 1.165) is 36.0 Å². The normalized spacial score (nSPS) is 18.5. The van der Waals surface area contributed by atoms with Crippen molar-refractivity contribution in [3.63, 3.8) is 0 Å². The summed E-state index contributed by atoms with van der Waals surface area (Å²) < 4.78 is 11.0. The van der Waals surface area contributed by atoms with Gasteiger partial charge in [-0.15, -0.1) is 0 Å². The van der Waals surface area contributed by atoms with Crippen LogP contribution in [0.4, 0.5) is 0 Å². The summed E-state index contributed by atoms with van der Waals surface area (Å²) in [4.78, 5) is 18.0. The Bertz CT molecular complexity index is 720. The molecule has 2 N–H and O–H groups in total. The molecule has 2 aromatic rings. The molecule has 1 aliphatic heterocycles. The van der Waals surface area contributed by atoms with Crippen LogP contribution in [0.1, 0.15) is 12.8 Å². The van der Waals surface area contributed by atoms with Gasteiger partial charge in [0.15, 0.2) is 0 Å². The molecule has 0 bridgehead atoms. The number of carbonyl (C=O) groups is 1. The Kier molecular flexibility index (Phi) is 5.15. The van der Waals surface area contributed by atoms with Crippen LogP contribution in [0.3, 0.4) is 0 Å². The number of fused-ring (bicyclic) bond motifs is 1. The number of hydrogen-bond donors (Lipinski definition) is 1. The fourth-order valence-corrected chi connectivity index (χ4v) is 2.96. The van der Waals surface area contributed by atoms with E-state index in [9.17, 15) is 4.79 Å². The number of piperidine rings is 1. The highest BCUT2D eigenvalue weighted by Gasteiger charge is 2.26. The van der Waals surface area contributed by atoms with Crippen molar-refractivity contribution in [2.24, 2.45) is 5.73 Å². The molecule has 0 aliphatic carbocycles. The third-order valence-corrected chi connectivity index (χ3v) is 4.27. The number of carbonyl (C=O) groups excluding carboxylic acids is 1. The summed E-state index contributed by atoms with van der Waals surface area (Å²) in [5, 5.41) is 1.03. The number of nitrogens with two attached hydrogens (primary N) is 1. The largest absolute Gasteiger partial charge is 0.492 e. The molecule has 6 nitrogen and oxygen atoms in total. The van der Waals surface area contributed by atoms with Crippen LogP contribution < -0.4 is 15.2 Å². The number of hydrogen-bond acceptors (Lipinski definition) is 5. The Morgan fingerprint density at radius 1 is 1.38 bits per heavy atom. The summed E-state index contributed by atoms with van der Waals surface area (Å²) in [6.45, 7) is 2.01. The van der Waals surface area contributed by atoms with Crippen molar-refractivity contribution >= 4 is 16.8 Å². The second-order valence-electron chi connectivity index (χ2n) is 5.82. The van der Waals surface area contributed by atoms with E-state index in [0.29, 0.717) is 19.0 Å². The van der Waals surface area contributed by atoms with Crippen molar-refractivity contribution in [3.05, 3.63) is 36.8 Å². The van der Waals surface area contributed by atoms with Crippen molar-refractivity contribution in [1.82, 2.24) is 9.88 Å². The van der Waals surface area contributed by atoms with Crippen LogP contribution in [-0.4, -0.2) is 48.6 Å². The molecular weight excluding hydrogens is 306 g/mol. The molecule has 24 heavy (non-hydrogen) atoms. The Hall–Kier alpha value is -2.34. The number of ether oxygens (including phenoxy) is 2. The first kappa shape index (κ1) is 16.5. The highest BCUT2D eigenvalue weighted by molar-refractivity contribution is 5.81. The van der Waals surface area contributed by atoms with Crippen molar-refractivity contribution in [1.29, 1.82) is 0 Å². The minimum absolute atomic E-state index is 0.218. The number of aromatic nitrogens is 1. The van der Waals surface area contributed by atoms with Crippen LogP contribution >= 0.6 is 0 Å². The Balaban J connectivity index is 1.61. The van der Waals surface area contributed by atoms with Gasteiger partial charge in [0, 0.05) is 24.1 Å². The lowest BCUT2D eigenvalue weighted by Gasteiger charge is -2.33. The molecule has 1 aliphatic rings. The Labute approximate surface area is 141 Å². The van der Waals surface area contributed by atoms with Gasteiger partial charge < -0.3 is 15.2 Å². The number of benzene rings is 1. The zero-order valence-corrected chi connectivity index (χ0v) is 13.8. The van der Waals surface area contributed by atoms with Gasteiger partial charge in [0.1, 0.15) is 12.4 Å². The van der Waals surface area contributed by atoms with Gasteiger partial charge in [0.2, 0.25) is 11.8 Å². The number of rotatable bonds is 6. The molecule has 1 saturated heterocycles. The molecule has 1 aromatic heterocycles. The lowest BCUT2D eigenvalue weighted by molar-refractivity contribution is -0.123. The number of methoxy groups -OCH3 is 1. The van der Waals surface area contributed by atoms with Crippen molar-refractivity contribution in [2.45, 2.75) is 18.9 Å². The van der Waals surface area contributed by atoms with Crippen molar-refractivity contribution in [2.75, 3.05) is 26.8 Å². The molecule has 3 rings (SSSR count). The van der Waals surface area contributed by atoms with Gasteiger partial charge in [0.05, 0.1) is 18.7 Å². The zero-order valence-electron chi connectivity index (χ0n) is 13.8. The van der Waals surface area contributed by atoms with Crippen LogP contribution in [0.2, 0.25) is 0 Å². The summed E-state index contributed by atoms with van der Waals surface area (Å²) in [7, 11) is 1.60. The van der Waals surface area contributed by atoms with Gasteiger partial charge in [-0.05, 0) is 44.0 Å². The van der Waals surface area contributed by atoms with Crippen molar-refractivity contribution < 1.29 is 14.3 Å². The van der Waals surface area contributed by atoms with E-state index in [1.165, 1.54) is 0 Å². The number of nitrogens with zero attached hydrogens (tertiary/aromatic N) is 2. The third-order valence-electron chi connectivity index (χ3n) is 4.27. The van der Waals surface area contributed by atoms with Crippen LogP contribution in [0.5, 0.6) is 11.6 Å². The van der Waals surface area contributed by atoms with E-state index in [4.69, 9.17) is 15.2 Å². The fourth-order valence-electron chi connectivity index (χ4n) is 2.96. The number of amides is 1. The zero-order chi connectivity index (χ0) is 16.9. The molecule has 1 aromatic carbocycles. The van der Waals surface area contributed by atoms with E-state index in [1.54, 1.807) is 7.11 Å². The lowest BCUT2D eigenvalue weighted by atomic mass is 10.0. The van der Waals surface area contributed by atoms with E-state index < -0.39 is 0 Å². The Morgan fingerprint density at radius 3 is 3.00 bits per heavy atom. The summed E-state index contributed by atoms with van der Waals surface area (Å²) >= 11 is 0.